The summed E-state index contributed by atoms with van der Waals surface area (Å²) in [6, 6.07) is -1.48. The predicted octanol–water partition coefficient (Wildman–Crippen LogP) is 0.202. The lowest BCUT2D eigenvalue weighted by molar-refractivity contribution is -0.149. The van der Waals surface area contributed by atoms with E-state index < -0.39 is 32.8 Å². The molecule has 1 atom stereocenters. The van der Waals surface area contributed by atoms with E-state index in [0.717, 1.165) is 0 Å². The quantitative estimate of drug-likeness (QED) is 0.157. The summed E-state index contributed by atoms with van der Waals surface area (Å²) in [5.74, 6) is -1.40. The second-order valence-corrected chi connectivity index (χ2v) is 8.07. The van der Waals surface area contributed by atoms with Crippen molar-refractivity contribution in [2.24, 2.45) is 11.5 Å². The number of nitrogens with one attached hydrogen (secondary N) is 1. The number of hydroxylamine groups is 1. The number of primary amides is 1. The van der Waals surface area contributed by atoms with E-state index in [9.17, 15) is 14.4 Å². The number of carbonyl (C=O) groups excluding carboxylic acids is 3. The van der Waals surface area contributed by atoms with Crippen molar-refractivity contribution in [2.75, 3.05) is 26.4 Å². The normalized spacial score (nSPS) is 12.3. The van der Waals surface area contributed by atoms with Crippen molar-refractivity contribution in [1.82, 2.24) is 5.48 Å². The van der Waals surface area contributed by atoms with E-state index in [1.165, 1.54) is 0 Å². The first kappa shape index (κ1) is 25.3. The molecule has 27 heavy (non-hydrogen) atoms. The lowest BCUT2D eigenvalue weighted by Crippen LogP contribution is -2.46. The van der Waals surface area contributed by atoms with Gasteiger partial charge in [-0.2, -0.15) is 5.48 Å². The zero-order valence-corrected chi connectivity index (χ0v) is 17.2. The standard InChI is InChI=1S/C15H31N3O8Si/c1-4-23-27(24-5-2,25-6-3)11-7-10-22-14(20)12(16)8-9-13(19)26-18-15(17)21/h12H,4-11,16H2,1-3H3,(H3,17,18,21)/t12-/m0/s1. The van der Waals surface area contributed by atoms with Gasteiger partial charge in [0.05, 0.1) is 13.0 Å². The fourth-order valence-electron chi connectivity index (χ4n) is 2.12. The highest BCUT2D eigenvalue weighted by atomic mass is 28.4. The Morgan fingerprint density at radius 1 is 1.04 bits per heavy atom. The molecule has 0 saturated carbocycles. The number of hydrogen-bond donors (Lipinski definition) is 3. The van der Waals surface area contributed by atoms with Gasteiger partial charge in [0.15, 0.2) is 0 Å². The summed E-state index contributed by atoms with van der Waals surface area (Å²) in [7, 11) is -2.77. The van der Waals surface area contributed by atoms with Crippen molar-refractivity contribution in [3.05, 3.63) is 0 Å². The predicted molar refractivity (Wildman–Crippen MR) is 97.0 cm³/mol. The summed E-state index contributed by atoms with van der Waals surface area (Å²) < 4.78 is 22.2. The van der Waals surface area contributed by atoms with Crippen LogP contribution in [0.15, 0.2) is 0 Å². The van der Waals surface area contributed by atoms with E-state index in [1.807, 2.05) is 20.8 Å². The molecule has 0 heterocycles. The van der Waals surface area contributed by atoms with Crippen LogP contribution in [-0.4, -0.2) is 59.2 Å². The molecule has 0 rings (SSSR count). The van der Waals surface area contributed by atoms with Crippen LogP contribution in [-0.2, 0) is 32.4 Å². The third-order valence-corrected chi connectivity index (χ3v) is 6.34. The summed E-state index contributed by atoms with van der Waals surface area (Å²) in [5.41, 5.74) is 12.1. The van der Waals surface area contributed by atoms with E-state index >= 15 is 0 Å². The fraction of sp³-hybridized carbons (Fsp3) is 0.800. The Balaban J connectivity index is 4.21. The second-order valence-electron chi connectivity index (χ2n) is 5.34. The van der Waals surface area contributed by atoms with Crippen molar-refractivity contribution in [3.8, 4) is 0 Å². The van der Waals surface area contributed by atoms with Crippen LogP contribution in [0.3, 0.4) is 0 Å². The molecule has 0 bridgehead atoms. The maximum absolute atomic E-state index is 11.9. The first-order valence-electron chi connectivity index (χ1n) is 8.89. The van der Waals surface area contributed by atoms with Gasteiger partial charge in [0.25, 0.3) is 0 Å². The number of urea groups is 1. The van der Waals surface area contributed by atoms with Crippen molar-refractivity contribution in [3.63, 3.8) is 0 Å². The fourth-order valence-corrected chi connectivity index (χ4v) is 4.70. The topological polar surface area (TPSA) is 161 Å². The number of hydrogen-bond acceptors (Lipinski definition) is 9. The number of nitrogens with two attached hydrogens (primary N) is 2. The third-order valence-electron chi connectivity index (χ3n) is 3.19. The van der Waals surface area contributed by atoms with Gasteiger partial charge in [-0.25, -0.2) is 9.59 Å². The van der Waals surface area contributed by atoms with Gasteiger partial charge < -0.3 is 34.3 Å². The van der Waals surface area contributed by atoms with Crippen LogP contribution in [0.1, 0.15) is 40.0 Å². The Kier molecular flexibility index (Phi) is 13.4. The number of carbonyl (C=O) groups is 3. The van der Waals surface area contributed by atoms with Gasteiger partial charge in [-0.3, -0.25) is 4.79 Å². The Labute approximate surface area is 160 Å². The number of amides is 2. The Bertz CT molecular complexity index is 449. The molecule has 0 saturated heterocycles. The van der Waals surface area contributed by atoms with E-state index in [0.29, 0.717) is 32.3 Å². The Hall–Kier alpha value is -1.73. The number of esters is 1. The summed E-state index contributed by atoms with van der Waals surface area (Å²) in [6.45, 7) is 7.13. The van der Waals surface area contributed by atoms with Crippen LogP contribution in [0.2, 0.25) is 6.04 Å². The molecule has 0 aliphatic rings. The maximum atomic E-state index is 11.9. The highest BCUT2D eigenvalue weighted by Gasteiger charge is 2.39. The highest BCUT2D eigenvalue weighted by Crippen LogP contribution is 2.18. The van der Waals surface area contributed by atoms with Gasteiger partial charge in [0, 0.05) is 25.9 Å². The lowest BCUT2D eigenvalue weighted by atomic mass is 10.2. The average molecular weight is 410 g/mol. The SMILES string of the molecule is CCO[Si](CCCOC(=O)[C@@H](N)CCC(=O)ONC(N)=O)(OCC)OCC. The molecular formula is C15H31N3O8Si. The molecule has 0 unspecified atom stereocenters. The molecule has 11 nitrogen and oxygen atoms in total. The molecule has 0 spiro atoms. The van der Waals surface area contributed by atoms with Crippen molar-refractivity contribution in [2.45, 2.75) is 52.1 Å². The van der Waals surface area contributed by atoms with E-state index in [4.69, 9.17) is 29.5 Å². The van der Waals surface area contributed by atoms with Crippen molar-refractivity contribution in [1.29, 1.82) is 0 Å². The molecule has 0 aromatic carbocycles. The summed E-state index contributed by atoms with van der Waals surface area (Å²) in [6.07, 6.45) is 0.328. The molecule has 2 amide bonds. The molecule has 0 aliphatic carbocycles. The average Bonchev–Trinajstić information content (AvgIpc) is 2.62. The monoisotopic (exact) mass is 409 g/mol. The largest absolute Gasteiger partial charge is 0.501 e. The van der Waals surface area contributed by atoms with Crippen LogP contribution >= 0.6 is 0 Å². The highest BCUT2D eigenvalue weighted by molar-refractivity contribution is 6.60. The summed E-state index contributed by atoms with van der Waals surface area (Å²) in [5, 5.41) is 0. The van der Waals surface area contributed by atoms with Crippen molar-refractivity contribution >= 4 is 26.8 Å². The molecular weight excluding hydrogens is 378 g/mol. The molecule has 158 valence electrons. The zero-order valence-electron chi connectivity index (χ0n) is 16.2. The smallest absolute Gasteiger partial charge is 0.465 e. The first-order valence-corrected chi connectivity index (χ1v) is 10.8. The van der Waals surface area contributed by atoms with Gasteiger partial charge in [0.1, 0.15) is 6.04 Å². The van der Waals surface area contributed by atoms with Crippen LogP contribution in [0.25, 0.3) is 0 Å². The third kappa shape index (κ3) is 11.6. The van der Waals surface area contributed by atoms with Crippen LogP contribution in [0, 0.1) is 0 Å². The molecule has 0 radical (unpaired) electrons. The minimum atomic E-state index is -2.77. The van der Waals surface area contributed by atoms with Gasteiger partial charge >= 0.3 is 26.8 Å². The summed E-state index contributed by atoms with van der Waals surface area (Å²) in [4.78, 5) is 37.9. The van der Waals surface area contributed by atoms with Gasteiger partial charge in [-0.05, 0) is 33.6 Å². The summed E-state index contributed by atoms with van der Waals surface area (Å²) >= 11 is 0. The zero-order chi connectivity index (χ0) is 20.7. The van der Waals surface area contributed by atoms with Crippen LogP contribution < -0.4 is 16.9 Å². The Morgan fingerprint density at radius 3 is 2.07 bits per heavy atom. The number of rotatable bonds is 14. The van der Waals surface area contributed by atoms with Gasteiger partial charge in [-0.1, -0.05) is 0 Å². The molecule has 0 aliphatic heterocycles. The molecule has 0 aromatic rings. The molecule has 12 heteroatoms. The van der Waals surface area contributed by atoms with Crippen molar-refractivity contribution < 1.29 is 37.2 Å². The van der Waals surface area contributed by atoms with Crippen LogP contribution in [0.5, 0.6) is 0 Å². The number of ether oxygens (including phenoxy) is 1. The molecule has 0 fully saturated rings. The Morgan fingerprint density at radius 2 is 1.59 bits per heavy atom. The lowest BCUT2D eigenvalue weighted by Gasteiger charge is -2.28. The van der Waals surface area contributed by atoms with Crippen LogP contribution in [0.4, 0.5) is 4.79 Å². The van der Waals surface area contributed by atoms with Gasteiger partial charge in [0.2, 0.25) is 0 Å². The van der Waals surface area contributed by atoms with E-state index in [2.05, 4.69) is 4.84 Å². The van der Waals surface area contributed by atoms with E-state index in [1.54, 1.807) is 5.48 Å². The minimum Gasteiger partial charge on any atom is -0.465 e. The maximum Gasteiger partial charge on any atom is 0.501 e. The second kappa shape index (κ2) is 14.3. The molecule has 5 N–H and O–H groups in total. The molecule has 0 aromatic heterocycles. The minimum absolute atomic E-state index is 0.00757. The van der Waals surface area contributed by atoms with E-state index in [-0.39, 0.29) is 19.4 Å². The van der Waals surface area contributed by atoms with Gasteiger partial charge in [-0.15, -0.1) is 0 Å². The first-order chi connectivity index (χ1) is 12.8.